The molecule has 0 atom stereocenters. The molecule has 0 bridgehead atoms. The summed E-state index contributed by atoms with van der Waals surface area (Å²) in [6.45, 7) is 8.45. The molecule has 0 spiro atoms. The highest BCUT2D eigenvalue weighted by Gasteiger charge is 2.10. The largest absolute Gasteiger partial charge is 0.357 e. The highest BCUT2D eigenvalue weighted by molar-refractivity contribution is 14.0. The number of fused-ring (bicyclic) bond motifs is 1. The normalized spacial score (nSPS) is 11.5. The predicted octanol–water partition coefficient (Wildman–Crippen LogP) is 4.12. The van der Waals surface area contributed by atoms with Crippen molar-refractivity contribution in [1.82, 2.24) is 20.4 Å². The lowest BCUT2D eigenvalue weighted by molar-refractivity contribution is 0.728. The van der Waals surface area contributed by atoms with Crippen molar-refractivity contribution in [1.29, 1.82) is 0 Å². The Kier molecular flexibility index (Phi) is 7.45. The second-order valence-electron chi connectivity index (χ2n) is 6.08. The number of hydrogen-bond donors (Lipinski definition) is 2. The van der Waals surface area contributed by atoms with E-state index >= 15 is 0 Å². The summed E-state index contributed by atoms with van der Waals surface area (Å²) in [6.07, 6.45) is 0. The molecule has 0 unspecified atom stereocenters. The Labute approximate surface area is 175 Å². The molecule has 0 saturated heterocycles. The molecule has 0 saturated carbocycles. The fourth-order valence-corrected chi connectivity index (χ4v) is 3.86. The third kappa shape index (κ3) is 4.56. The molecule has 26 heavy (non-hydrogen) atoms. The van der Waals surface area contributed by atoms with Crippen LogP contribution >= 0.6 is 35.3 Å². The molecule has 0 aliphatic rings. The standard InChI is InChI=1S/C19H25N5S.HI/c1-5-20-19(22-11-17-13(2)23-24(4)14(17)3)21-10-15-12-25-18-9-7-6-8-16(15)18;/h6-9,12H,5,10-11H2,1-4H3,(H2,20,21,22);1H. The van der Waals surface area contributed by atoms with Crippen LogP contribution in [0.5, 0.6) is 0 Å². The average molecular weight is 483 g/mol. The summed E-state index contributed by atoms with van der Waals surface area (Å²) in [7, 11) is 1.98. The maximum absolute atomic E-state index is 4.76. The summed E-state index contributed by atoms with van der Waals surface area (Å²) < 4.78 is 3.24. The van der Waals surface area contributed by atoms with Gasteiger partial charge in [-0.3, -0.25) is 4.68 Å². The van der Waals surface area contributed by atoms with Crippen LogP contribution in [0, 0.1) is 13.8 Å². The van der Waals surface area contributed by atoms with Crippen molar-refractivity contribution in [3.63, 3.8) is 0 Å². The van der Waals surface area contributed by atoms with E-state index in [1.165, 1.54) is 26.9 Å². The van der Waals surface area contributed by atoms with Crippen molar-refractivity contribution in [2.24, 2.45) is 12.0 Å². The number of nitrogens with zero attached hydrogens (tertiary/aromatic N) is 3. The lowest BCUT2D eigenvalue weighted by Gasteiger charge is -2.11. The molecule has 2 heterocycles. The Morgan fingerprint density at radius 1 is 1.23 bits per heavy atom. The van der Waals surface area contributed by atoms with Crippen molar-refractivity contribution in [3.8, 4) is 0 Å². The van der Waals surface area contributed by atoms with Crippen LogP contribution in [0.15, 0.2) is 34.6 Å². The molecule has 2 aromatic heterocycles. The lowest BCUT2D eigenvalue weighted by atomic mass is 10.2. The van der Waals surface area contributed by atoms with Gasteiger partial charge >= 0.3 is 0 Å². The van der Waals surface area contributed by atoms with E-state index in [-0.39, 0.29) is 24.0 Å². The topological polar surface area (TPSA) is 54.2 Å². The molecule has 0 radical (unpaired) electrons. The molecular weight excluding hydrogens is 457 g/mol. The number of hydrogen-bond acceptors (Lipinski definition) is 3. The quantitative estimate of drug-likeness (QED) is 0.326. The molecule has 5 nitrogen and oxygen atoms in total. The van der Waals surface area contributed by atoms with Crippen LogP contribution in [-0.2, 0) is 20.1 Å². The minimum absolute atomic E-state index is 0. The minimum Gasteiger partial charge on any atom is -0.357 e. The predicted molar refractivity (Wildman–Crippen MR) is 122 cm³/mol. The van der Waals surface area contributed by atoms with Crippen LogP contribution in [0.2, 0.25) is 0 Å². The van der Waals surface area contributed by atoms with Gasteiger partial charge in [0.15, 0.2) is 5.96 Å². The van der Waals surface area contributed by atoms with E-state index in [1.807, 2.05) is 18.7 Å². The first-order valence-corrected chi connectivity index (χ1v) is 9.44. The first kappa shape index (κ1) is 20.7. The highest BCUT2D eigenvalue weighted by atomic mass is 127. The minimum atomic E-state index is 0. The number of nitrogens with one attached hydrogen (secondary N) is 2. The first-order valence-electron chi connectivity index (χ1n) is 8.56. The Hall–Kier alpha value is -1.61. The third-order valence-corrected chi connectivity index (χ3v) is 5.42. The maximum atomic E-state index is 4.76. The average Bonchev–Trinajstić information content (AvgIpc) is 3.12. The van der Waals surface area contributed by atoms with E-state index < -0.39 is 0 Å². The first-order chi connectivity index (χ1) is 12.1. The number of rotatable bonds is 5. The van der Waals surface area contributed by atoms with Crippen LogP contribution < -0.4 is 10.6 Å². The molecule has 0 amide bonds. The van der Waals surface area contributed by atoms with Gasteiger partial charge in [0.1, 0.15) is 0 Å². The Balaban J connectivity index is 0.00000243. The van der Waals surface area contributed by atoms with Crippen molar-refractivity contribution in [2.45, 2.75) is 33.9 Å². The van der Waals surface area contributed by atoms with Crippen molar-refractivity contribution < 1.29 is 0 Å². The summed E-state index contributed by atoms with van der Waals surface area (Å²) in [6, 6.07) is 8.49. The number of aryl methyl sites for hydroxylation is 2. The summed E-state index contributed by atoms with van der Waals surface area (Å²) in [4.78, 5) is 4.76. The number of aliphatic imine (C=N–C) groups is 1. The maximum Gasteiger partial charge on any atom is 0.191 e. The highest BCUT2D eigenvalue weighted by Crippen LogP contribution is 2.26. The van der Waals surface area contributed by atoms with E-state index in [1.54, 1.807) is 11.3 Å². The van der Waals surface area contributed by atoms with Crippen LogP contribution in [0.3, 0.4) is 0 Å². The van der Waals surface area contributed by atoms with Gasteiger partial charge in [-0.1, -0.05) is 18.2 Å². The molecule has 0 aliphatic heterocycles. The molecule has 7 heteroatoms. The van der Waals surface area contributed by atoms with E-state index in [9.17, 15) is 0 Å². The summed E-state index contributed by atoms with van der Waals surface area (Å²) >= 11 is 1.77. The molecule has 0 fully saturated rings. The Morgan fingerprint density at radius 3 is 2.69 bits per heavy atom. The van der Waals surface area contributed by atoms with E-state index in [0.29, 0.717) is 6.54 Å². The van der Waals surface area contributed by atoms with Crippen molar-refractivity contribution >= 4 is 51.4 Å². The molecule has 140 valence electrons. The zero-order chi connectivity index (χ0) is 17.8. The second-order valence-corrected chi connectivity index (χ2v) is 6.99. The lowest BCUT2D eigenvalue weighted by Crippen LogP contribution is -2.37. The number of benzene rings is 1. The Bertz CT molecular complexity index is 897. The van der Waals surface area contributed by atoms with Gasteiger partial charge in [-0.2, -0.15) is 5.10 Å². The van der Waals surface area contributed by atoms with Gasteiger partial charge in [0.25, 0.3) is 0 Å². The van der Waals surface area contributed by atoms with Crippen molar-refractivity contribution in [3.05, 3.63) is 52.2 Å². The van der Waals surface area contributed by atoms with Crippen molar-refractivity contribution in [2.75, 3.05) is 6.54 Å². The van der Waals surface area contributed by atoms with Crippen LogP contribution in [0.25, 0.3) is 10.1 Å². The zero-order valence-corrected chi connectivity index (χ0v) is 18.8. The van der Waals surface area contributed by atoms with Gasteiger partial charge in [0.05, 0.1) is 12.2 Å². The van der Waals surface area contributed by atoms with Crippen LogP contribution in [0.4, 0.5) is 0 Å². The van der Waals surface area contributed by atoms with Gasteiger partial charge in [0, 0.05) is 36.1 Å². The molecule has 0 aliphatic carbocycles. The fraction of sp³-hybridized carbons (Fsp3) is 0.368. The summed E-state index contributed by atoms with van der Waals surface area (Å²) in [5.74, 6) is 0.834. The molecule has 3 rings (SSSR count). The Morgan fingerprint density at radius 2 is 2.00 bits per heavy atom. The van der Waals surface area contributed by atoms with E-state index in [0.717, 1.165) is 24.7 Å². The van der Waals surface area contributed by atoms with Crippen LogP contribution in [0.1, 0.15) is 29.4 Å². The smallest absolute Gasteiger partial charge is 0.191 e. The van der Waals surface area contributed by atoms with Gasteiger partial charge in [-0.15, -0.1) is 35.3 Å². The molecule has 3 aromatic rings. The van der Waals surface area contributed by atoms with Crippen LogP contribution in [-0.4, -0.2) is 22.3 Å². The zero-order valence-electron chi connectivity index (χ0n) is 15.7. The summed E-state index contributed by atoms with van der Waals surface area (Å²) in [5, 5.41) is 14.7. The summed E-state index contributed by atoms with van der Waals surface area (Å²) in [5.41, 5.74) is 4.75. The SMILES string of the molecule is CCNC(=NCc1csc2ccccc12)NCc1c(C)nn(C)c1C.I. The molecule has 1 aromatic carbocycles. The number of aromatic nitrogens is 2. The van der Waals surface area contributed by atoms with E-state index in [4.69, 9.17) is 4.99 Å². The number of thiophene rings is 1. The molecule has 2 N–H and O–H groups in total. The number of halogens is 1. The van der Waals surface area contributed by atoms with Gasteiger partial charge < -0.3 is 10.6 Å². The fourth-order valence-electron chi connectivity index (χ4n) is 2.91. The van der Waals surface area contributed by atoms with E-state index in [2.05, 4.69) is 59.2 Å². The monoisotopic (exact) mass is 483 g/mol. The van der Waals surface area contributed by atoms with Gasteiger partial charge in [0.2, 0.25) is 0 Å². The molecular formula is C19H26IN5S. The van der Waals surface area contributed by atoms with Gasteiger partial charge in [-0.25, -0.2) is 4.99 Å². The second kappa shape index (κ2) is 9.36. The third-order valence-electron chi connectivity index (χ3n) is 4.40. The number of guanidine groups is 1. The van der Waals surface area contributed by atoms with Gasteiger partial charge in [-0.05, 0) is 43.2 Å².